The summed E-state index contributed by atoms with van der Waals surface area (Å²) in [6.45, 7) is 6.31. The molecule has 1 atom stereocenters. The van der Waals surface area contributed by atoms with E-state index in [-0.39, 0.29) is 0 Å². The molecule has 1 aromatic heterocycles. The van der Waals surface area contributed by atoms with Crippen LogP contribution in [0, 0.1) is 6.92 Å². The van der Waals surface area contributed by atoms with E-state index in [0.29, 0.717) is 12.1 Å². The Bertz CT molecular complexity index is 654. The van der Waals surface area contributed by atoms with Gasteiger partial charge < -0.3 is 15.0 Å². The number of rotatable bonds is 5. The number of hydrogen-bond acceptors (Lipinski definition) is 5. The Morgan fingerprint density at radius 3 is 2.54 bits per heavy atom. The van der Waals surface area contributed by atoms with Gasteiger partial charge in [-0.2, -0.15) is 0 Å². The number of nitrogens with one attached hydrogen (secondary N) is 1. The second-order valence-electron chi connectivity index (χ2n) is 6.43. The minimum atomic E-state index is 0.333. The van der Waals surface area contributed by atoms with Crippen LogP contribution in [0.2, 0.25) is 0 Å². The van der Waals surface area contributed by atoms with Gasteiger partial charge in [-0.05, 0) is 49.9 Å². The molecule has 0 amide bonds. The van der Waals surface area contributed by atoms with Crippen molar-refractivity contribution in [1.29, 1.82) is 0 Å². The first-order valence-electron chi connectivity index (χ1n) is 8.60. The van der Waals surface area contributed by atoms with E-state index in [9.17, 15) is 0 Å². The third-order valence-electron chi connectivity index (χ3n) is 4.73. The SMILES string of the molecule is COc1ccc(C(C)NC2CCN(c3ncccn3)CC2)cc1C. The summed E-state index contributed by atoms with van der Waals surface area (Å²) in [4.78, 5) is 11.0. The highest BCUT2D eigenvalue weighted by atomic mass is 16.5. The third-order valence-corrected chi connectivity index (χ3v) is 4.73. The predicted molar refractivity (Wildman–Crippen MR) is 96.5 cm³/mol. The van der Waals surface area contributed by atoms with Crippen LogP contribution < -0.4 is 15.0 Å². The van der Waals surface area contributed by atoms with Gasteiger partial charge in [0.2, 0.25) is 5.95 Å². The second-order valence-corrected chi connectivity index (χ2v) is 6.43. The maximum Gasteiger partial charge on any atom is 0.225 e. The molecule has 1 fully saturated rings. The Morgan fingerprint density at radius 2 is 1.92 bits per heavy atom. The Kier molecular flexibility index (Phi) is 5.30. The molecule has 24 heavy (non-hydrogen) atoms. The Morgan fingerprint density at radius 1 is 1.21 bits per heavy atom. The zero-order valence-electron chi connectivity index (χ0n) is 14.7. The molecule has 1 aromatic carbocycles. The van der Waals surface area contributed by atoms with Crippen LogP contribution in [0.5, 0.6) is 5.75 Å². The van der Waals surface area contributed by atoms with Crippen LogP contribution in [0.3, 0.4) is 0 Å². The summed E-state index contributed by atoms with van der Waals surface area (Å²) in [5, 5.41) is 3.76. The average Bonchev–Trinajstić information content (AvgIpc) is 2.63. The zero-order valence-corrected chi connectivity index (χ0v) is 14.7. The summed E-state index contributed by atoms with van der Waals surface area (Å²) in [7, 11) is 1.72. The molecule has 128 valence electrons. The average molecular weight is 326 g/mol. The highest BCUT2D eigenvalue weighted by Crippen LogP contribution is 2.24. The first kappa shape index (κ1) is 16.7. The van der Waals surface area contributed by atoms with Crippen LogP contribution in [0.4, 0.5) is 5.95 Å². The van der Waals surface area contributed by atoms with E-state index in [1.54, 1.807) is 19.5 Å². The van der Waals surface area contributed by atoms with Gasteiger partial charge in [-0.3, -0.25) is 0 Å². The molecule has 0 bridgehead atoms. The van der Waals surface area contributed by atoms with Crippen LogP contribution in [0.1, 0.15) is 36.9 Å². The molecular weight excluding hydrogens is 300 g/mol. The maximum absolute atomic E-state index is 5.35. The van der Waals surface area contributed by atoms with Crippen molar-refractivity contribution >= 4 is 5.95 Å². The molecular formula is C19H26N4O. The molecule has 1 N–H and O–H groups in total. The molecule has 1 unspecified atom stereocenters. The van der Waals surface area contributed by atoms with Crippen molar-refractivity contribution in [2.24, 2.45) is 0 Å². The van der Waals surface area contributed by atoms with E-state index in [1.165, 1.54) is 11.1 Å². The van der Waals surface area contributed by atoms with Gasteiger partial charge in [0.15, 0.2) is 0 Å². The van der Waals surface area contributed by atoms with Crippen LogP contribution >= 0.6 is 0 Å². The number of nitrogens with zero attached hydrogens (tertiary/aromatic N) is 3. The van der Waals surface area contributed by atoms with Crippen molar-refractivity contribution < 1.29 is 4.74 Å². The van der Waals surface area contributed by atoms with Crippen LogP contribution in [0.25, 0.3) is 0 Å². The van der Waals surface area contributed by atoms with Gasteiger partial charge >= 0.3 is 0 Å². The van der Waals surface area contributed by atoms with E-state index in [4.69, 9.17) is 4.74 Å². The van der Waals surface area contributed by atoms with Crippen molar-refractivity contribution in [3.05, 3.63) is 47.8 Å². The lowest BCUT2D eigenvalue weighted by molar-refractivity contribution is 0.378. The fourth-order valence-corrected chi connectivity index (χ4v) is 3.32. The van der Waals surface area contributed by atoms with E-state index >= 15 is 0 Å². The smallest absolute Gasteiger partial charge is 0.225 e. The fraction of sp³-hybridized carbons (Fsp3) is 0.474. The highest BCUT2D eigenvalue weighted by Gasteiger charge is 2.22. The lowest BCUT2D eigenvalue weighted by Crippen LogP contribution is -2.43. The number of ether oxygens (including phenoxy) is 1. The van der Waals surface area contributed by atoms with Crippen LogP contribution in [-0.4, -0.2) is 36.2 Å². The lowest BCUT2D eigenvalue weighted by Gasteiger charge is -2.34. The van der Waals surface area contributed by atoms with Crippen molar-refractivity contribution in [2.45, 2.75) is 38.8 Å². The Labute approximate surface area is 144 Å². The number of piperidine rings is 1. The van der Waals surface area contributed by atoms with E-state index in [1.807, 2.05) is 6.07 Å². The molecule has 0 spiro atoms. The third kappa shape index (κ3) is 3.85. The topological polar surface area (TPSA) is 50.3 Å². The minimum Gasteiger partial charge on any atom is -0.496 e. The summed E-state index contributed by atoms with van der Waals surface area (Å²) in [6, 6.07) is 9.13. The maximum atomic E-state index is 5.35. The number of methoxy groups -OCH3 is 1. The molecule has 5 heteroatoms. The quantitative estimate of drug-likeness (QED) is 0.915. The second kappa shape index (κ2) is 7.62. The molecule has 0 radical (unpaired) electrons. The lowest BCUT2D eigenvalue weighted by atomic mass is 10.0. The van der Waals surface area contributed by atoms with Gasteiger partial charge in [0.05, 0.1) is 7.11 Å². The standard InChI is InChI=1S/C19H26N4O/c1-14-13-16(5-6-18(14)24-3)15(2)22-17-7-11-23(12-8-17)19-20-9-4-10-21-19/h4-6,9-10,13,15,17,22H,7-8,11-12H2,1-3H3. The molecule has 2 heterocycles. The normalized spacial score (nSPS) is 16.9. The summed E-state index contributed by atoms with van der Waals surface area (Å²) in [6.07, 6.45) is 5.83. The summed E-state index contributed by atoms with van der Waals surface area (Å²) in [5.74, 6) is 1.79. The largest absolute Gasteiger partial charge is 0.496 e. The fourth-order valence-electron chi connectivity index (χ4n) is 3.32. The van der Waals surface area contributed by atoms with E-state index in [0.717, 1.165) is 37.6 Å². The minimum absolute atomic E-state index is 0.333. The zero-order chi connectivity index (χ0) is 16.9. The molecule has 0 aliphatic carbocycles. The van der Waals surface area contributed by atoms with Gasteiger partial charge in [-0.1, -0.05) is 12.1 Å². The van der Waals surface area contributed by atoms with E-state index in [2.05, 4.69) is 52.2 Å². The van der Waals surface area contributed by atoms with E-state index < -0.39 is 0 Å². The summed E-state index contributed by atoms with van der Waals surface area (Å²) in [5.41, 5.74) is 2.49. The number of aromatic nitrogens is 2. The van der Waals surface area contributed by atoms with Gasteiger partial charge in [0.1, 0.15) is 5.75 Å². The van der Waals surface area contributed by atoms with Gasteiger partial charge in [0.25, 0.3) is 0 Å². The van der Waals surface area contributed by atoms with Crippen LogP contribution in [0.15, 0.2) is 36.7 Å². The van der Waals surface area contributed by atoms with Gasteiger partial charge in [-0.25, -0.2) is 9.97 Å². The molecule has 5 nitrogen and oxygen atoms in total. The highest BCUT2D eigenvalue weighted by molar-refractivity contribution is 5.37. The molecule has 1 aliphatic heterocycles. The van der Waals surface area contributed by atoms with Crippen molar-refractivity contribution in [3.63, 3.8) is 0 Å². The summed E-state index contributed by atoms with van der Waals surface area (Å²) >= 11 is 0. The number of benzene rings is 1. The molecule has 2 aromatic rings. The van der Waals surface area contributed by atoms with Gasteiger partial charge in [0, 0.05) is 37.6 Å². The first-order valence-corrected chi connectivity index (χ1v) is 8.60. The number of aryl methyl sites for hydroxylation is 1. The number of anilines is 1. The number of hydrogen-bond donors (Lipinski definition) is 1. The molecule has 1 aliphatic rings. The monoisotopic (exact) mass is 326 g/mol. The molecule has 0 saturated carbocycles. The van der Waals surface area contributed by atoms with Crippen LogP contribution in [-0.2, 0) is 0 Å². The predicted octanol–water partition coefficient (Wildman–Crippen LogP) is 3.11. The van der Waals surface area contributed by atoms with Crippen molar-refractivity contribution in [2.75, 3.05) is 25.1 Å². The van der Waals surface area contributed by atoms with Crippen molar-refractivity contribution in [3.8, 4) is 5.75 Å². The van der Waals surface area contributed by atoms with Crippen molar-refractivity contribution in [1.82, 2.24) is 15.3 Å². The summed E-state index contributed by atoms with van der Waals surface area (Å²) < 4.78 is 5.35. The molecule has 1 saturated heterocycles. The first-order chi connectivity index (χ1) is 11.7. The molecule has 3 rings (SSSR count). The Hall–Kier alpha value is -2.14. The van der Waals surface area contributed by atoms with Gasteiger partial charge in [-0.15, -0.1) is 0 Å². The Balaban J connectivity index is 1.55.